The van der Waals surface area contributed by atoms with Crippen molar-refractivity contribution >= 4 is 0 Å². The lowest BCUT2D eigenvalue weighted by molar-refractivity contribution is -1.36. The van der Waals surface area contributed by atoms with Crippen LogP contribution in [-0.2, 0) is 4.74 Å². The van der Waals surface area contributed by atoms with Gasteiger partial charge in [0.15, 0.2) is 0 Å². The van der Waals surface area contributed by atoms with Gasteiger partial charge in [-0.15, -0.1) is 0 Å². The highest BCUT2D eigenvalue weighted by atomic mass is 19.7. The van der Waals surface area contributed by atoms with Crippen LogP contribution in [-0.4, -0.2) is 18.6 Å². The van der Waals surface area contributed by atoms with Crippen LogP contribution in [0.15, 0.2) is 0 Å². The number of hydrogen-bond acceptors (Lipinski definition) is 1. The summed E-state index contributed by atoms with van der Waals surface area (Å²) < 4.78 is 43.4. The summed E-state index contributed by atoms with van der Waals surface area (Å²) in [4.78, 5) is 0. The minimum absolute atomic E-state index is 1.00. The van der Waals surface area contributed by atoms with Gasteiger partial charge in [-0.2, -0.15) is 0 Å². The molecule has 0 spiro atoms. The highest BCUT2D eigenvalue weighted by molar-refractivity contribution is 4.43. The van der Waals surface area contributed by atoms with E-state index in [1.807, 2.05) is 0 Å². The highest BCUT2D eigenvalue weighted by Gasteiger charge is 2.30. The normalized spacial score (nSPS) is 18.0. The first-order chi connectivity index (χ1) is 4.50. The fraction of sp³-hybridized carbons (Fsp3) is 1.00. The van der Waals surface area contributed by atoms with E-state index in [0.717, 1.165) is 13.2 Å². The second-order valence-electron chi connectivity index (χ2n) is 1.70. The van der Waals surface area contributed by atoms with E-state index in [4.69, 9.17) is 4.74 Å². The van der Waals surface area contributed by atoms with Gasteiger partial charge in [0.05, 0.1) is 0 Å². The molecule has 0 atom stereocenters. The summed E-state index contributed by atoms with van der Waals surface area (Å²) in [5, 5.41) is -5.00. The summed E-state index contributed by atoms with van der Waals surface area (Å²) in [5.74, 6) is 0. The molecule has 10 heavy (non-hydrogen) atoms. The molecule has 0 N–H and O–H groups in total. The van der Waals surface area contributed by atoms with Crippen LogP contribution in [0, 0.1) is 0 Å². The summed E-state index contributed by atoms with van der Waals surface area (Å²) in [6.07, 6.45) is 2.56. The molecule has 0 unspecified atom stereocenters. The van der Waals surface area contributed by atoms with Crippen molar-refractivity contribution in [3.63, 3.8) is 0 Å². The molecular formula is C4H8F4NO+. The highest BCUT2D eigenvalue weighted by Crippen LogP contribution is 2.08. The zero-order valence-electron chi connectivity index (χ0n) is 5.20. The van der Waals surface area contributed by atoms with Gasteiger partial charge in [0.2, 0.25) is 0 Å². The summed E-state index contributed by atoms with van der Waals surface area (Å²) in [5.41, 5.74) is 0. The van der Waals surface area contributed by atoms with Crippen molar-refractivity contribution in [2.75, 3.05) is 13.2 Å². The molecular weight excluding hydrogens is 154 g/mol. The van der Waals surface area contributed by atoms with Crippen LogP contribution in [0.1, 0.15) is 12.8 Å². The Morgan fingerprint density at radius 3 is 1.30 bits per heavy atom. The third-order valence-electron chi connectivity index (χ3n) is 0.827. The lowest BCUT2D eigenvalue weighted by Gasteiger charge is -1.76. The van der Waals surface area contributed by atoms with Gasteiger partial charge in [0.25, 0.3) is 0 Å². The van der Waals surface area contributed by atoms with E-state index in [9.17, 15) is 17.9 Å². The summed E-state index contributed by atoms with van der Waals surface area (Å²) in [6.45, 7) is 2.00. The fourth-order valence-corrected chi connectivity index (χ4v) is 0.510. The zero-order valence-corrected chi connectivity index (χ0v) is 5.20. The number of rotatable bonds is 0. The lowest BCUT2D eigenvalue weighted by Crippen LogP contribution is -1.99. The van der Waals surface area contributed by atoms with Gasteiger partial charge in [-0.25, -0.2) is 0 Å². The van der Waals surface area contributed by atoms with Crippen molar-refractivity contribution in [2.45, 2.75) is 12.8 Å². The summed E-state index contributed by atoms with van der Waals surface area (Å²) in [6, 6.07) is 0. The predicted molar refractivity (Wildman–Crippen MR) is 24.7 cm³/mol. The SMILES string of the molecule is C1CCOC1.F[N+](F)(F)F. The Balaban J connectivity index is 0.000000162. The predicted octanol–water partition coefficient (Wildman–Crippen LogP) is 2.14. The van der Waals surface area contributed by atoms with Gasteiger partial charge in [-0.1, -0.05) is 0 Å². The van der Waals surface area contributed by atoms with Crippen molar-refractivity contribution < 1.29 is 28.0 Å². The summed E-state index contributed by atoms with van der Waals surface area (Å²) >= 11 is 0. The molecule has 0 radical (unpaired) electrons. The van der Waals surface area contributed by atoms with Crippen molar-refractivity contribution in [2.24, 2.45) is 0 Å². The smallest absolute Gasteiger partial charge is 0.381 e. The lowest BCUT2D eigenvalue weighted by atomic mass is 10.4. The van der Waals surface area contributed by atoms with E-state index in [-0.39, 0.29) is 0 Å². The third-order valence-corrected chi connectivity index (χ3v) is 0.827. The average Bonchev–Trinajstić information content (AvgIpc) is 2.07. The molecule has 0 aliphatic carbocycles. The molecule has 6 heteroatoms. The monoisotopic (exact) mass is 162 g/mol. The topological polar surface area (TPSA) is 9.23 Å². The van der Waals surface area contributed by atoms with Gasteiger partial charge < -0.3 is 4.74 Å². The quantitative estimate of drug-likeness (QED) is 0.391. The molecule has 0 aromatic carbocycles. The van der Waals surface area contributed by atoms with Gasteiger partial charge in [-0.05, 0) is 12.8 Å². The van der Waals surface area contributed by atoms with Crippen LogP contribution in [0.2, 0.25) is 0 Å². The van der Waals surface area contributed by atoms with Crippen molar-refractivity contribution in [1.82, 2.24) is 0 Å². The van der Waals surface area contributed by atoms with Gasteiger partial charge >= 0.3 is 5.37 Å². The minimum atomic E-state index is -5.00. The van der Waals surface area contributed by atoms with E-state index in [1.165, 1.54) is 12.8 Å². The Hall–Kier alpha value is -0.360. The van der Waals surface area contributed by atoms with Gasteiger partial charge in [-0.3, -0.25) is 0 Å². The molecule has 0 amide bonds. The Morgan fingerprint density at radius 2 is 1.20 bits per heavy atom. The van der Waals surface area contributed by atoms with E-state index < -0.39 is 5.37 Å². The van der Waals surface area contributed by atoms with Crippen LogP contribution in [0.4, 0.5) is 17.9 Å². The van der Waals surface area contributed by atoms with Crippen LogP contribution in [0.3, 0.4) is 0 Å². The molecule has 0 saturated carbocycles. The van der Waals surface area contributed by atoms with Crippen LogP contribution in [0.25, 0.3) is 0 Å². The first-order valence-electron chi connectivity index (χ1n) is 2.75. The number of hydrogen-bond donors (Lipinski definition) is 0. The molecule has 1 saturated heterocycles. The van der Waals surface area contributed by atoms with Crippen LogP contribution < -0.4 is 0 Å². The maximum atomic E-state index is 9.62. The molecule has 1 aliphatic heterocycles. The van der Waals surface area contributed by atoms with Crippen LogP contribution >= 0.6 is 0 Å². The molecule has 1 rings (SSSR count). The number of nitrogens with zero attached hydrogens (tertiary/aromatic N) is 1. The van der Waals surface area contributed by atoms with E-state index >= 15 is 0 Å². The average molecular weight is 162 g/mol. The third kappa shape index (κ3) is 15.6. The molecule has 2 nitrogen and oxygen atoms in total. The molecule has 62 valence electrons. The van der Waals surface area contributed by atoms with Gasteiger partial charge in [0, 0.05) is 13.2 Å². The second-order valence-corrected chi connectivity index (χ2v) is 1.70. The Bertz CT molecular complexity index is 66.2. The van der Waals surface area contributed by atoms with Gasteiger partial charge in [0.1, 0.15) is 17.9 Å². The van der Waals surface area contributed by atoms with E-state index in [0.29, 0.717) is 0 Å². The zero-order chi connectivity index (χ0) is 8.04. The first kappa shape index (κ1) is 9.64. The second kappa shape index (κ2) is 4.45. The maximum Gasteiger partial charge on any atom is 0.440 e. The first-order valence-corrected chi connectivity index (χ1v) is 2.75. The number of quaternary nitrogens is 1. The fourth-order valence-electron chi connectivity index (χ4n) is 0.510. The van der Waals surface area contributed by atoms with Crippen molar-refractivity contribution in [3.05, 3.63) is 0 Å². The van der Waals surface area contributed by atoms with Crippen LogP contribution in [0.5, 0.6) is 0 Å². The largest absolute Gasteiger partial charge is 0.440 e. The molecule has 0 aromatic rings. The maximum absolute atomic E-state index is 9.62. The Kier molecular flexibility index (Phi) is 4.29. The number of ether oxygens (including phenoxy) is 1. The molecule has 0 bridgehead atoms. The van der Waals surface area contributed by atoms with E-state index in [1.54, 1.807) is 0 Å². The standard InChI is InChI=1S/C4H8O.F4N/c1-2-4-5-3-1;1-5(2,3)4/h1-4H2;/q;+1. The summed E-state index contributed by atoms with van der Waals surface area (Å²) in [7, 11) is 0. The van der Waals surface area contributed by atoms with Crippen molar-refractivity contribution in [3.8, 4) is 0 Å². The minimum Gasteiger partial charge on any atom is -0.381 e. The molecule has 1 heterocycles. The molecule has 1 aliphatic rings. The van der Waals surface area contributed by atoms with E-state index in [2.05, 4.69) is 0 Å². The Morgan fingerprint density at radius 1 is 0.900 bits per heavy atom. The molecule has 0 aromatic heterocycles. The Labute approximate surface area is 55.3 Å². The molecule has 1 fully saturated rings. The van der Waals surface area contributed by atoms with Crippen molar-refractivity contribution in [1.29, 1.82) is 0 Å². The number of halogens is 4.